The Morgan fingerprint density at radius 2 is 2.00 bits per heavy atom. The summed E-state index contributed by atoms with van der Waals surface area (Å²) < 4.78 is 4.90. The number of benzene rings is 1. The minimum absolute atomic E-state index is 0.207. The van der Waals surface area contributed by atoms with Gasteiger partial charge in [0.1, 0.15) is 5.82 Å². The molecule has 0 saturated carbocycles. The van der Waals surface area contributed by atoms with Gasteiger partial charge in [0.05, 0.1) is 18.4 Å². The van der Waals surface area contributed by atoms with Crippen molar-refractivity contribution in [1.82, 2.24) is 14.9 Å². The van der Waals surface area contributed by atoms with E-state index in [-0.39, 0.29) is 18.0 Å². The molecule has 0 spiro atoms. The molecule has 1 aliphatic heterocycles. The lowest BCUT2D eigenvalue weighted by atomic mass is 10.0. The molecule has 6 nitrogen and oxygen atoms in total. The molecule has 1 aliphatic rings. The number of aromatic amines is 1. The van der Waals surface area contributed by atoms with E-state index in [1.165, 1.54) is 7.11 Å². The van der Waals surface area contributed by atoms with Crippen LogP contribution in [-0.2, 0) is 22.4 Å². The lowest BCUT2D eigenvalue weighted by Crippen LogP contribution is -2.33. The first kappa shape index (κ1) is 17.9. The summed E-state index contributed by atoms with van der Waals surface area (Å²) in [5, 5.41) is 0. The number of esters is 1. The minimum Gasteiger partial charge on any atom is -0.466 e. The Kier molecular flexibility index (Phi) is 5.21. The maximum atomic E-state index is 12.7. The van der Waals surface area contributed by atoms with Crippen LogP contribution in [0.2, 0.25) is 0 Å². The van der Waals surface area contributed by atoms with Crippen molar-refractivity contribution >= 4 is 5.97 Å². The molecular formula is C20H23N3O3. The van der Waals surface area contributed by atoms with Crippen LogP contribution in [0.15, 0.2) is 46.9 Å². The summed E-state index contributed by atoms with van der Waals surface area (Å²) in [6.07, 6.45) is 2.66. The average molecular weight is 353 g/mol. The Bertz CT molecular complexity index is 885. The van der Waals surface area contributed by atoms with Crippen LogP contribution in [0.5, 0.6) is 0 Å². The van der Waals surface area contributed by atoms with Crippen molar-refractivity contribution in [3.63, 3.8) is 0 Å². The molecule has 0 radical (unpaired) electrons. The first-order valence-electron chi connectivity index (χ1n) is 8.72. The molecule has 136 valence electrons. The largest absolute Gasteiger partial charge is 0.466 e. The molecule has 3 rings (SSSR count). The molecule has 0 fully saturated rings. The Labute approximate surface area is 152 Å². The van der Waals surface area contributed by atoms with Gasteiger partial charge in [-0.2, -0.15) is 0 Å². The number of rotatable bonds is 3. The molecule has 0 unspecified atom stereocenters. The normalized spacial score (nSPS) is 16.3. The van der Waals surface area contributed by atoms with Gasteiger partial charge in [0.25, 0.3) is 5.56 Å². The number of hydrogen-bond acceptors (Lipinski definition) is 5. The topological polar surface area (TPSA) is 75.3 Å². The van der Waals surface area contributed by atoms with E-state index in [1.807, 2.05) is 36.5 Å². The third-order valence-electron chi connectivity index (χ3n) is 4.55. The van der Waals surface area contributed by atoms with E-state index in [0.717, 1.165) is 11.3 Å². The molecule has 1 N–H and O–H groups in total. The molecule has 6 heteroatoms. The first-order valence-corrected chi connectivity index (χ1v) is 8.72. The van der Waals surface area contributed by atoms with Crippen molar-refractivity contribution < 1.29 is 9.53 Å². The van der Waals surface area contributed by atoms with E-state index < -0.39 is 5.97 Å². The zero-order valence-electron chi connectivity index (χ0n) is 15.3. The van der Waals surface area contributed by atoms with E-state index in [4.69, 9.17) is 9.72 Å². The smallest absolute Gasteiger partial charge is 0.335 e. The van der Waals surface area contributed by atoms with Gasteiger partial charge in [-0.05, 0) is 13.8 Å². The molecule has 0 saturated heterocycles. The van der Waals surface area contributed by atoms with E-state index in [2.05, 4.69) is 23.7 Å². The highest BCUT2D eigenvalue weighted by molar-refractivity contribution is 5.88. The minimum atomic E-state index is -0.421. The molecule has 2 aromatic rings. The van der Waals surface area contributed by atoms with Gasteiger partial charge in [-0.1, -0.05) is 30.3 Å². The number of fused-ring (bicyclic) bond motifs is 1. The Hall–Kier alpha value is -2.89. The van der Waals surface area contributed by atoms with Crippen LogP contribution < -0.4 is 5.56 Å². The summed E-state index contributed by atoms with van der Waals surface area (Å²) in [6, 6.07) is 9.78. The van der Waals surface area contributed by atoms with Crippen molar-refractivity contribution in [2.24, 2.45) is 0 Å². The van der Waals surface area contributed by atoms with Crippen molar-refractivity contribution in [2.45, 2.75) is 32.7 Å². The molecule has 2 heterocycles. The number of ether oxygens (including phenoxy) is 1. The van der Waals surface area contributed by atoms with Crippen molar-refractivity contribution in [3.8, 4) is 11.4 Å². The Morgan fingerprint density at radius 1 is 1.27 bits per heavy atom. The summed E-state index contributed by atoms with van der Waals surface area (Å²) >= 11 is 0. The number of H-pyrrole nitrogens is 1. The number of carbonyl (C=O) groups excluding carboxylic acids is 1. The first-order chi connectivity index (χ1) is 12.5. The summed E-state index contributed by atoms with van der Waals surface area (Å²) in [6.45, 7) is 4.80. The second-order valence-electron chi connectivity index (χ2n) is 6.61. The number of aromatic nitrogens is 2. The fourth-order valence-electron chi connectivity index (χ4n) is 3.07. The van der Waals surface area contributed by atoms with Crippen LogP contribution in [0, 0.1) is 0 Å². The standard InChI is InChI=1S/C20H23N3O3/c1-13(2)23-10-9-17-16(11-15(12-23)20(25)26-3)19(24)22-18(21-17)14-7-5-4-6-8-14/h4-8,12-13H,9-11H2,1-3H3,(H,21,22,24)/b15-12+. The zero-order valence-corrected chi connectivity index (χ0v) is 15.3. The van der Waals surface area contributed by atoms with Gasteiger partial charge in [-0.25, -0.2) is 9.78 Å². The molecule has 1 aromatic carbocycles. The molecule has 26 heavy (non-hydrogen) atoms. The van der Waals surface area contributed by atoms with Gasteiger partial charge in [0.2, 0.25) is 0 Å². The van der Waals surface area contributed by atoms with Crippen LogP contribution in [0.4, 0.5) is 0 Å². The monoisotopic (exact) mass is 353 g/mol. The second kappa shape index (κ2) is 7.56. The number of nitrogens with zero attached hydrogens (tertiary/aromatic N) is 2. The number of hydrogen-bond donors (Lipinski definition) is 1. The molecule has 0 bridgehead atoms. The molecule has 0 amide bonds. The van der Waals surface area contributed by atoms with Gasteiger partial charge >= 0.3 is 5.97 Å². The summed E-state index contributed by atoms with van der Waals surface area (Å²) in [4.78, 5) is 34.5. The maximum Gasteiger partial charge on any atom is 0.335 e. The SMILES string of the molecule is COC(=O)/C1=C/N(C(C)C)CCc2nc(-c3ccccc3)[nH]c(=O)c2C1. The fourth-order valence-corrected chi connectivity index (χ4v) is 3.07. The van der Waals surface area contributed by atoms with E-state index in [1.54, 1.807) is 0 Å². The second-order valence-corrected chi connectivity index (χ2v) is 6.61. The highest BCUT2D eigenvalue weighted by Gasteiger charge is 2.22. The Morgan fingerprint density at radius 3 is 2.65 bits per heavy atom. The van der Waals surface area contributed by atoms with Crippen LogP contribution in [0.3, 0.4) is 0 Å². The summed E-state index contributed by atoms with van der Waals surface area (Å²) in [7, 11) is 1.35. The number of methoxy groups -OCH3 is 1. The lowest BCUT2D eigenvalue weighted by molar-refractivity contribution is -0.136. The quantitative estimate of drug-likeness (QED) is 0.857. The van der Waals surface area contributed by atoms with Gasteiger partial charge in [0.15, 0.2) is 0 Å². The number of carbonyl (C=O) groups is 1. The lowest BCUT2D eigenvalue weighted by Gasteiger charge is -2.28. The average Bonchev–Trinajstić information content (AvgIpc) is 2.62. The van der Waals surface area contributed by atoms with Crippen LogP contribution >= 0.6 is 0 Å². The zero-order chi connectivity index (χ0) is 18.7. The predicted molar refractivity (Wildman–Crippen MR) is 99.6 cm³/mol. The highest BCUT2D eigenvalue weighted by Crippen LogP contribution is 2.20. The van der Waals surface area contributed by atoms with Crippen molar-refractivity contribution in [3.05, 3.63) is 63.7 Å². The summed E-state index contributed by atoms with van der Waals surface area (Å²) in [5.41, 5.74) is 2.37. The molecular weight excluding hydrogens is 330 g/mol. The molecule has 0 atom stereocenters. The van der Waals surface area contributed by atoms with E-state index in [9.17, 15) is 9.59 Å². The predicted octanol–water partition coefficient (Wildman–Crippen LogP) is 2.30. The van der Waals surface area contributed by atoms with Gasteiger partial charge < -0.3 is 14.6 Å². The highest BCUT2D eigenvalue weighted by atomic mass is 16.5. The number of nitrogens with one attached hydrogen (secondary N) is 1. The summed E-state index contributed by atoms with van der Waals surface area (Å²) in [5.74, 6) is 0.129. The van der Waals surface area contributed by atoms with E-state index >= 15 is 0 Å². The van der Waals surface area contributed by atoms with Crippen molar-refractivity contribution in [1.29, 1.82) is 0 Å². The fraction of sp³-hybridized carbons (Fsp3) is 0.350. The van der Waals surface area contributed by atoms with Crippen LogP contribution in [0.25, 0.3) is 11.4 Å². The van der Waals surface area contributed by atoms with E-state index in [0.29, 0.717) is 29.9 Å². The third kappa shape index (κ3) is 3.69. The van der Waals surface area contributed by atoms with Crippen LogP contribution in [0.1, 0.15) is 25.1 Å². The third-order valence-corrected chi connectivity index (χ3v) is 4.55. The molecule has 1 aromatic heterocycles. The van der Waals surface area contributed by atoms with Crippen molar-refractivity contribution in [2.75, 3.05) is 13.7 Å². The van der Waals surface area contributed by atoms with Gasteiger partial charge in [-0.15, -0.1) is 0 Å². The maximum absolute atomic E-state index is 12.7. The van der Waals surface area contributed by atoms with Gasteiger partial charge in [0, 0.05) is 42.8 Å². The van der Waals surface area contributed by atoms with Gasteiger partial charge in [-0.3, -0.25) is 4.79 Å². The Balaban J connectivity index is 2.07. The molecule has 0 aliphatic carbocycles. The van der Waals surface area contributed by atoms with Crippen LogP contribution in [-0.4, -0.2) is 40.5 Å².